The summed E-state index contributed by atoms with van der Waals surface area (Å²) in [4.78, 5) is 6.40. The lowest BCUT2D eigenvalue weighted by molar-refractivity contribution is 1.01. The minimum absolute atomic E-state index is 0.867. The fourth-order valence-corrected chi connectivity index (χ4v) is 1.27. The number of aromatic nitrogens is 1. The molecule has 0 radical (unpaired) electrons. The maximum absolute atomic E-state index is 4.30. The average molecular weight is 149 g/mol. The first kappa shape index (κ1) is 6.46. The van der Waals surface area contributed by atoms with E-state index in [1.165, 1.54) is 5.56 Å². The Labute approximate surface area is 66.0 Å². The predicted molar refractivity (Wildman–Crippen MR) is 45.9 cm³/mol. The van der Waals surface area contributed by atoms with Crippen LogP contribution in [0.4, 0.5) is 11.5 Å². The second kappa shape index (κ2) is 2.12. The van der Waals surface area contributed by atoms with E-state index < -0.39 is 0 Å². The summed E-state index contributed by atoms with van der Waals surface area (Å²) in [6, 6.07) is 2.12. The topological polar surface area (TPSA) is 28.2 Å². The van der Waals surface area contributed by atoms with Gasteiger partial charge in [-0.2, -0.15) is 0 Å². The van der Waals surface area contributed by atoms with E-state index in [0.717, 1.165) is 18.2 Å². The van der Waals surface area contributed by atoms with Crippen molar-refractivity contribution in [3.8, 4) is 0 Å². The molecule has 1 aliphatic rings. The highest BCUT2D eigenvalue weighted by molar-refractivity contribution is 5.70. The van der Waals surface area contributed by atoms with Gasteiger partial charge in [-0.15, -0.1) is 0 Å². The van der Waals surface area contributed by atoms with Crippen molar-refractivity contribution in [2.24, 2.45) is 0 Å². The molecular weight excluding hydrogens is 138 g/mol. The summed E-state index contributed by atoms with van der Waals surface area (Å²) >= 11 is 0. The minimum Gasteiger partial charge on any atom is -0.365 e. The molecule has 2 rings (SSSR count). The first-order valence-corrected chi connectivity index (χ1v) is 3.69. The third kappa shape index (κ3) is 0.926. The molecule has 3 nitrogen and oxygen atoms in total. The first-order valence-electron chi connectivity index (χ1n) is 3.69. The van der Waals surface area contributed by atoms with Crippen molar-refractivity contribution >= 4 is 11.5 Å². The van der Waals surface area contributed by atoms with Crippen LogP contribution in [-0.4, -0.2) is 18.7 Å². The molecule has 0 saturated carbocycles. The Morgan fingerprint density at radius 2 is 2.45 bits per heavy atom. The van der Waals surface area contributed by atoms with Gasteiger partial charge in [0.15, 0.2) is 5.82 Å². The quantitative estimate of drug-likeness (QED) is 0.601. The van der Waals surface area contributed by atoms with Gasteiger partial charge in [-0.3, -0.25) is 0 Å². The maximum atomic E-state index is 4.30. The van der Waals surface area contributed by atoms with Crippen LogP contribution >= 0.6 is 0 Å². The Kier molecular flexibility index (Phi) is 1.24. The second-order valence-electron chi connectivity index (χ2n) is 2.92. The summed E-state index contributed by atoms with van der Waals surface area (Å²) in [5.74, 6) is 1.05. The number of anilines is 2. The number of pyridine rings is 1. The van der Waals surface area contributed by atoms with Gasteiger partial charge in [0.25, 0.3) is 0 Å². The normalized spacial score (nSPS) is 14.5. The number of fused-ring (bicyclic) bond motifs is 1. The Hall–Kier alpha value is -1.25. The van der Waals surface area contributed by atoms with Crippen molar-refractivity contribution in [2.45, 2.75) is 6.92 Å². The van der Waals surface area contributed by atoms with Gasteiger partial charge in [0.1, 0.15) is 0 Å². The molecule has 0 fully saturated rings. The molecule has 0 aromatic carbocycles. The van der Waals surface area contributed by atoms with Gasteiger partial charge in [-0.25, -0.2) is 4.98 Å². The molecule has 0 bridgehead atoms. The van der Waals surface area contributed by atoms with E-state index in [4.69, 9.17) is 0 Å². The van der Waals surface area contributed by atoms with Gasteiger partial charge < -0.3 is 10.2 Å². The molecule has 0 atom stereocenters. The zero-order valence-corrected chi connectivity index (χ0v) is 6.76. The molecule has 0 unspecified atom stereocenters. The van der Waals surface area contributed by atoms with Crippen LogP contribution in [0.15, 0.2) is 12.3 Å². The molecule has 1 aromatic rings. The molecular formula is C8H11N3. The number of aryl methyl sites for hydroxylation is 1. The van der Waals surface area contributed by atoms with Crippen LogP contribution in [-0.2, 0) is 0 Å². The van der Waals surface area contributed by atoms with Gasteiger partial charge in [0.05, 0.1) is 12.4 Å². The predicted octanol–water partition coefficient (Wildman–Crippen LogP) is 1.21. The summed E-state index contributed by atoms with van der Waals surface area (Å²) in [7, 11) is 2.03. The largest absolute Gasteiger partial charge is 0.365 e. The molecule has 1 aromatic heterocycles. The van der Waals surface area contributed by atoms with Gasteiger partial charge in [-0.1, -0.05) is 0 Å². The fraction of sp³-hybridized carbons (Fsp3) is 0.375. The smallest absolute Gasteiger partial charge is 0.153 e. The molecule has 1 N–H and O–H groups in total. The lowest BCUT2D eigenvalue weighted by atomic mass is 10.3. The number of rotatable bonds is 0. The van der Waals surface area contributed by atoms with Crippen molar-refractivity contribution in [2.75, 3.05) is 23.9 Å². The highest BCUT2D eigenvalue weighted by Crippen LogP contribution is 2.27. The van der Waals surface area contributed by atoms with E-state index in [1.807, 2.05) is 20.2 Å². The van der Waals surface area contributed by atoms with Crippen LogP contribution < -0.4 is 10.2 Å². The van der Waals surface area contributed by atoms with E-state index in [9.17, 15) is 0 Å². The Balaban J connectivity index is 2.50. The molecule has 2 heterocycles. The number of hydrogen-bond acceptors (Lipinski definition) is 3. The van der Waals surface area contributed by atoms with Crippen molar-refractivity contribution in [1.82, 2.24) is 4.98 Å². The second-order valence-corrected chi connectivity index (χ2v) is 2.92. The molecule has 11 heavy (non-hydrogen) atoms. The molecule has 58 valence electrons. The van der Waals surface area contributed by atoms with Crippen LogP contribution in [0.2, 0.25) is 0 Å². The Morgan fingerprint density at radius 3 is 3.27 bits per heavy atom. The zero-order chi connectivity index (χ0) is 7.84. The standard InChI is InChI=1S/C8H11N3/c1-6-3-7-8(9-4-6)11(2)5-10-7/h3-4,10H,5H2,1-2H3. The number of nitrogens with one attached hydrogen (secondary N) is 1. The third-order valence-electron chi connectivity index (χ3n) is 1.87. The molecule has 0 spiro atoms. The van der Waals surface area contributed by atoms with E-state index in [2.05, 4.69) is 21.3 Å². The molecule has 0 amide bonds. The maximum Gasteiger partial charge on any atom is 0.153 e. The number of nitrogens with zero attached hydrogens (tertiary/aromatic N) is 2. The van der Waals surface area contributed by atoms with Crippen molar-refractivity contribution in [3.63, 3.8) is 0 Å². The van der Waals surface area contributed by atoms with Crippen LogP contribution in [0.5, 0.6) is 0 Å². The Morgan fingerprint density at radius 1 is 1.64 bits per heavy atom. The molecule has 3 heteroatoms. The van der Waals surface area contributed by atoms with Gasteiger partial charge in [0, 0.05) is 13.2 Å². The lowest BCUT2D eigenvalue weighted by Gasteiger charge is -2.07. The molecule has 0 aliphatic carbocycles. The highest BCUT2D eigenvalue weighted by atomic mass is 15.3. The average Bonchev–Trinajstić information content (AvgIpc) is 2.32. The molecule has 1 aliphatic heterocycles. The van der Waals surface area contributed by atoms with Crippen LogP contribution in [0.1, 0.15) is 5.56 Å². The van der Waals surface area contributed by atoms with Crippen LogP contribution in [0.25, 0.3) is 0 Å². The minimum atomic E-state index is 0.867. The van der Waals surface area contributed by atoms with Crippen LogP contribution in [0, 0.1) is 6.92 Å². The third-order valence-corrected chi connectivity index (χ3v) is 1.87. The first-order chi connectivity index (χ1) is 5.27. The Bertz CT molecular complexity index is 283. The van der Waals surface area contributed by atoms with Gasteiger partial charge in [-0.05, 0) is 18.6 Å². The summed E-state index contributed by atoms with van der Waals surface area (Å²) < 4.78 is 0. The van der Waals surface area contributed by atoms with Crippen molar-refractivity contribution < 1.29 is 0 Å². The van der Waals surface area contributed by atoms with Gasteiger partial charge >= 0.3 is 0 Å². The summed E-state index contributed by atoms with van der Waals surface area (Å²) in [5, 5.41) is 3.25. The number of hydrogen-bond donors (Lipinski definition) is 1. The SMILES string of the molecule is Cc1cnc2c(c1)NCN2C. The van der Waals surface area contributed by atoms with Crippen LogP contribution in [0.3, 0.4) is 0 Å². The van der Waals surface area contributed by atoms with E-state index >= 15 is 0 Å². The highest BCUT2D eigenvalue weighted by Gasteiger charge is 2.15. The van der Waals surface area contributed by atoms with Crippen molar-refractivity contribution in [3.05, 3.63) is 17.8 Å². The van der Waals surface area contributed by atoms with E-state index in [0.29, 0.717) is 0 Å². The summed E-state index contributed by atoms with van der Waals surface area (Å²) in [5.41, 5.74) is 2.35. The summed E-state index contributed by atoms with van der Waals surface area (Å²) in [6.45, 7) is 2.92. The molecule has 0 saturated heterocycles. The monoisotopic (exact) mass is 149 g/mol. The van der Waals surface area contributed by atoms with Crippen molar-refractivity contribution in [1.29, 1.82) is 0 Å². The summed E-state index contributed by atoms with van der Waals surface area (Å²) in [6.07, 6.45) is 1.89. The van der Waals surface area contributed by atoms with E-state index in [1.54, 1.807) is 0 Å². The van der Waals surface area contributed by atoms with E-state index in [-0.39, 0.29) is 0 Å². The lowest BCUT2D eigenvalue weighted by Crippen LogP contribution is -2.16. The fourth-order valence-electron chi connectivity index (χ4n) is 1.27. The zero-order valence-electron chi connectivity index (χ0n) is 6.76. The van der Waals surface area contributed by atoms with Gasteiger partial charge in [0.2, 0.25) is 0 Å².